The maximum atomic E-state index is 12.1. The van der Waals surface area contributed by atoms with Crippen LogP contribution in [0.15, 0.2) is 30.3 Å². The van der Waals surface area contributed by atoms with E-state index in [0.29, 0.717) is 5.56 Å². The number of benzene rings is 1. The van der Waals surface area contributed by atoms with Gasteiger partial charge in [0.05, 0.1) is 12.5 Å². The van der Waals surface area contributed by atoms with Crippen LogP contribution in [0, 0.1) is 11.3 Å². The van der Waals surface area contributed by atoms with Gasteiger partial charge in [-0.2, -0.15) is 18.4 Å². The molecule has 0 aliphatic rings. The van der Waals surface area contributed by atoms with Crippen molar-refractivity contribution in [2.45, 2.75) is 12.6 Å². The Kier molecular flexibility index (Phi) is 3.51. The van der Waals surface area contributed by atoms with Gasteiger partial charge in [-0.25, -0.2) is 0 Å². The zero-order valence-corrected chi connectivity index (χ0v) is 7.75. The quantitative estimate of drug-likeness (QED) is 0.688. The third-order valence-electron chi connectivity index (χ3n) is 1.71. The minimum Gasteiger partial charge on any atom is -0.193 e. The highest BCUT2D eigenvalue weighted by atomic mass is 19.4. The number of halogens is 3. The number of hydrogen-bond donors (Lipinski definition) is 0. The lowest BCUT2D eigenvalue weighted by Crippen LogP contribution is -2.11. The summed E-state index contributed by atoms with van der Waals surface area (Å²) in [4.78, 5) is 0. The monoisotopic (exact) mass is 211 g/mol. The van der Waals surface area contributed by atoms with Crippen LogP contribution in [-0.4, -0.2) is 6.18 Å². The average molecular weight is 211 g/mol. The molecule has 4 heteroatoms. The highest BCUT2D eigenvalue weighted by molar-refractivity contribution is 5.52. The fourth-order valence-electron chi connectivity index (χ4n) is 1.17. The zero-order chi connectivity index (χ0) is 11.3. The molecule has 1 nitrogen and oxygen atoms in total. The molecule has 1 rings (SSSR count). The van der Waals surface area contributed by atoms with Crippen LogP contribution in [0.4, 0.5) is 13.2 Å². The summed E-state index contributed by atoms with van der Waals surface area (Å²) in [7, 11) is 0. The Morgan fingerprint density at radius 3 is 2.67 bits per heavy atom. The SMILES string of the molecule is N#C/C=C/c1cccc(CC(F)(F)F)c1. The summed E-state index contributed by atoms with van der Waals surface area (Å²) in [6.45, 7) is 0. The van der Waals surface area contributed by atoms with Crippen molar-refractivity contribution in [1.29, 1.82) is 5.26 Å². The van der Waals surface area contributed by atoms with Gasteiger partial charge in [-0.05, 0) is 17.2 Å². The molecule has 0 radical (unpaired) electrons. The summed E-state index contributed by atoms with van der Waals surface area (Å²) in [6, 6.07) is 7.80. The Bertz CT molecular complexity index is 399. The molecule has 15 heavy (non-hydrogen) atoms. The molecule has 0 aliphatic carbocycles. The van der Waals surface area contributed by atoms with E-state index in [4.69, 9.17) is 5.26 Å². The van der Waals surface area contributed by atoms with E-state index < -0.39 is 12.6 Å². The summed E-state index contributed by atoms with van der Waals surface area (Å²) >= 11 is 0. The van der Waals surface area contributed by atoms with Gasteiger partial charge in [-0.15, -0.1) is 0 Å². The molecule has 0 heterocycles. The first-order valence-electron chi connectivity index (χ1n) is 4.23. The van der Waals surface area contributed by atoms with E-state index in [9.17, 15) is 13.2 Å². The topological polar surface area (TPSA) is 23.8 Å². The zero-order valence-electron chi connectivity index (χ0n) is 7.75. The van der Waals surface area contributed by atoms with Crippen LogP contribution < -0.4 is 0 Å². The van der Waals surface area contributed by atoms with Crippen LogP contribution in [0.2, 0.25) is 0 Å². The summed E-state index contributed by atoms with van der Waals surface area (Å²) < 4.78 is 36.2. The maximum Gasteiger partial charge on any atom is 0.393 e. The van der Waals surface area contributed by atoms with E-state index in [1.54, 1.807) is 12.1 Å². The molecule has 78 valence electrons. The number of nitrogens with zero attached hydrogens (tertiary/aromatic N) is 1. The van der Waals surface area contributed by atoms with E-state index >= 15 is 0 Å². The lowest BCUT2D eigenvalue weighted by atomic mass is 10.1. The minimum absolute atomic E-state index is 0.197. The Labute approximate surface area is 85.5 Å². The second-order valence-corrected chi connectivity index (χ2v) is 3.00. The van der Waals surface area contributed by atoms with Gasteiger partial charge in [0.2, 0.25) is 0 Å². The molecule has 0 saturated carbocycles. The van der Waals surface area contributed by atoms with E-state index in [1.807, 2.05) is 0 Å². The number of nitriles is 1. The molecule has 0 unspecified atom stereocenters. The molecule has 0 amide bonds. The van der Waals surface area contributed by atoms with Crippen molar-refractivity contribution in [3.8, 4) is 6.07 Å². The molecule has 0 N–H and O–H groups in total. The Morgan fingerprint density at radius 2 is 2.07 bits per heavy atom. The van der Waals surface area contributed by atoms with Crippen molar-refractivity contribution in [1.82, 2.24) is 0 Å². The smallest absolute Gasteiger partial charge is 0.193 e. The molecule has 0 aromatic heterocycles. The first kappa shape index (κ1) is 11.3. The Morgan fingerprint density at radius 1 is 1.33 bits per heavy atom. The summed E-state index contributed by atoms with van der Waals surface area (Å²) in [5.41, 5.74) is 0.792. The van der Waals surface area contributed by atoms with Crippen LogP contribution in [-0.2, 0) is 6.42 Å². The number of alkyl halides is 3. The maximum absolute atomic E-state index is 12.1. The van der Waals surface area contributed by atoms with Gasteiger partial charge < -0.3 is 0 Å². The third-order valence-corrected chi connectivity index (χ3v) is 1.71. The normalized spacial score (nSPS) is 11.6. The van der Waals surface area contributed by atoms with Gasteiger partial charge >= 0.3 is 6.18 Å². The molecular weight excluding hydrogens is 203 g/mol. The van der Waals surface area contributed by atoms with Crippen molar-refractivity contribution >= 4 is 6.08 Å². The lowest BCUT2D eigenvalue weighted by Gasteiger charge is -2.06. The van der Waals surface area contributed by atoms with Gasteiger partial charge in [0, 0.05) is 6.08 Å². The van der Waals surface area contributed by atoms with Gasteiger partial charge in [-0.1, -0.05) is 24.3 Å². The standard InChI is InChI=1S/C11H8F3N/c12-11(13,14)8-10-4-1-3-9(7-10)5-2-6-15/h1-5,7H,8H2/b5-2+. The molecule has 0 saturated heterocycles. The van der Waals surface area contributed by atoms with Gasteiger partial charge in [0.1, 0.15) is 0 Å². The Balaban J connectivity index is 2.84. The summed E-state index contributed by atoms with van der Waals surface area (Å²) in [6.07, 6.45) is -2.44. The van der Waals surface area contributed by atoms with Gasteiger partial charge in [0.15, 0.2) is 0 Å². The predicted octanol–water partition coefficient (Wildman–Crippen LogP) is 3.33. The van der Waals surface area contributed by atoms with E-state index in [1.165, 1.54) is 30.4 Å². The van der Waals surface area contributed by atoms with Crippen LogP contribution in [0.25, 0.3) is 6.08 Å². The third kappa shape index (κ3) is 4.32. The van der Waals surface area contributed by atoms with Crippen molar-refractivity contribution in [3.05, 3.63) is 41.5 Å². The van der Waals surface area contributed by atoms with Crippen molar-refractivity contribution < 1.29 is 13.2 Å². The Hall–Kier alpha value is -1.76. The first-order valence-corrected chi connectivity index (χ1v) is 4.23. The molecule has 0 spiro atoms. The molecule has 0 aliphatic heterocycles. The largest absolute Gasteiger partial charge is 0.393 e. The number of hydrogen-bond acceptors (Lipinski definition) is 1. The number of rotatable bonds is 2. The highest BCUT2D eigenvalue weighted by Gasteiger charge is 2.27. The summed E-state index contributed by atoms with van der Waals surface area (Å²) in [5.74, 6) is 0. The fourth-order valence-corrected chi connectivity index (χ4v) is 1.17. The molecule has 0 fully saturated rings. The lowest BCUT2D eigenvalue weighted by molar-refractivity contribution is -0.127. The average Bonchev–Trinajstić information content (AvgIpc) is 2.12. The van der Waals surface area contributed by atoms with E-state index in [-0.39, 0.29) is 5.56 Å². The van der Waals surface area contributed by atoms with Crippen molar-refractivity contribution in [2.75, 3.05) is 0 Å². The number of allylic oxidation sites excluding steroid dienone is 1. The first-order chi connectivity index (χ1) is 7.01. The van der Waals surface area contributed by atoms with Crippen LogP contribution in [0.3, 0.4) is 0 Å². The fraction of sp³-hybridized carbons (Fsp3) is 0.182. The molecule has 0 bridgehead atoms. The second kappa shape index (κ2) is 4.65. The van der Waals surface area contributed by atoms with E-state index in [2.05, 4.69) is 0 Å². The molecule has 0 atom stereocenters. The van der Waals surface area contributed by atoms with Crippen LogP contribution in [0.5, 0.6) is 0 Å². The van der Waals surface area contributed by atoms with Gasteiger partial charge in [-0.3, -0.25) is 0 Å². The predicted molar refractivity (Wildman–Crippen MR) is 50.8 cm³/mol. The molecule has 1 aromatic carbocycles. The van der Waals surface area contributed by atoms with Crippen LogP contribution >= 0.6 is 0 Å². The van der Waals surface area contributed by atoms with Crippen LogP contribution in [0.1, 0.15) is 11.1 Å². The highest BCUT2D eigenvalue weighted by Crippen LogP contribution is 2.21. The molecular formula is C11H8F3N. The van der Waals surface area contributed by atoms with Crippen molar-refractivity contribution in [2.24, 2.45) is 0 Å². The summed E-state index contributed by atoms with van der Waals surface area (Å²) in [5, 5.41) is 8.27. The van der Waals surface area contributed by atoms with Gasteiger partial charge in [0.25, 0.3) is 0 Å². The van der Waals surface area contributed by atoms with Crippen molar-refractivity contribution in [3.63, 3.8) is 0 Å². The minimum atomic E-state index is -4.20. The van der Waals surface area contributed by atoms with E-state index in [0.717, 1.165) is 0 Å². The molecule has 1 aromatic rings. The second-order valence-electron chi connectivity index (χ2n) is 3.00.